The lowest BCUT2D eigenvalue weighted by molar-refractivity contribution is -0.385. The van der Waals surface area contributed by atoms with Crippen LogP contribution in [0.3, 0.4) is 0 Å². The minimum Gasteiger partial charge on any atom is -0.310 e. The maximum absolute atomic E-state index is 11.1. The standard InChI is InChI=1S/C18H19N5O4/c1-3-20(4-2)12-21-17-10-9-15(23(26)27)11-16(17)19-18(21)13-5-7-14(8-6-13)22(24)25/h5-11H,3-4,12H2,1-2H3. The average Bonchev–Trinajstić information content (AvgIpc) is 3.03. The number of benzene rings is 2. The second kappa shape index (κ2) is 7.50. The summed E-state index contributed by atoms with van der Waals surface area (Å²) in [5.74, 6) is 0.618. The van der Waals surface area contributed by atoms with Gasteiger partial charge in [0.25, 0.3) is 11.4 Å². The summed E-state index contributed by atoms with van der Waals surface area (Å²) in [5, 5.41) is 22.0. The molecule has 0 atom stereocenters. The summed E-state index contributed by atoms with van der Waals surface area (Å²) in [7, 11) is 0. The van der Waals surface area contributed by atoms with Gasteiger partial charge in [-0.1, -0.05) is 13.8 Å². The van der Waals surface area contributed by atoms with Crippen molar-refractivity contribution < 1.29 is 9.85 Å². The number of hydrogen-bond donors (Lipinski definition) is 0. The van der Waals surface area contributed by atoms with E-state index in [2.05, 4.69) is 23.7 Å². The Kier molecular flexibility index (Phi) is 5.13. The molecule has 0 spiro atoms. The number of rotatable bonds is 7. The van der Waals surface area contributed by atoms with Gasteiger partial charge in [0.1, 0.15) is 5.82 Å². The van der Waals surface area contributed by atoms with Crippen molar-refractivity contribution in [2.45, 2.75) is 20.5 Å². The van der Waals surface area contributed by atoms with Gasteiger partial charge in [0.2, 0.25) is 0 Å². The number of hydrogen-bond acceptors (Lipinski definition) is 6. The predicted octanol–water partition coefficient (Wildman–Crippen LogP) is 3.82. The Morgan fingerprint density at radius 1 is 0.963 bits per heavy atom. The van der Waals surface area contributed by atoms with Gasteiger partial charge in [0, 0.05) is 29.8 Å². The van der Waals surface area contributed by atoms with Gasteiger partial charge in [-0.2, -0.15) is 0 Å². The van der Waals surface area contributed by atoms with Crippen molar-refractivity contribution in [2.75, 3.05) is 13.1 Å². The first-order valence-electron chi connectivity index (χ1n) is 8.56. The predicted molar refractivity (Wildman–Crippen MR) is 101 cm³/mol. The smallest absolute Gasteiger partial charge is 0.271 e. The van der Waals surface area contributed by atoms with Crippen LogP contribution in [0.2, 0.25) is 0 Å². The third kappa shape index (κ3) is 3.63. The Labute approximate surface area is 155 Å². The number of nitro groups is 2. The van der Waals surface area contributed by atoms with E-state index < -0.39 is 9.85 Å². The maximum Gasteiger partial charge on any atom is 0.271 e. The largest absolute Gasteiger partial charge is 0.310 e. The van der Waals surface area contributed by atoms with Gasteiger partial charge < -0.3 is 4.57 Å². The van der Waals surface area contributed by atoms with Gasteiger partial charge in [-0.05, 0) is 31.3 Å². The Morgan fingerprint density at radius 3 is 2.11 bits per heavy atom. The first-order valence-corrected chi connectivity index (χ1v) is 8.56. The van der Waals surface area contributed by atoms with E-state index in [1.807, 2.05) is 4.57 Å². The van der Waals surface area contributed by atoms with E-state index in [9.17, 15) is 20.2 Å². The molecule has 9 heteroatoms. The number of aromatic nitrogens is 2. The molecule has 0 amide bonds. The fraction of sp³-hybridized carbons (Fsp3) is 0.278. The van der Waals surface area contributed by atoms with Gasteiger partial charge >= 0.3 is 0 Å². The molecule has 0 N–H and O–H groups in total. The van der Waals surface area contributed by atoms with Crippen LogP contribution in [0.1, 0.15) is 13.8 Å². The number of non-ortho nitro benzene ring substituents is 2. The normalized spacial score (nSPS) is 11.2. The second-order valence-electron chi connectivity index (χ2n) is 6.04. The molecule has 0 aliphatic carbocycles. The highest BCUT2D eigenvalue weighted by atomic mass is 16.6. The summed E-state index contributed by atoms with van der Waals surface area (Å²) >= 11 is 0. The number of imidazole rings is 1. The van der Waals surface area contributed by atoms with Crippen molar-refractivity contribution in [1.82, 2.24) is 14.5 Å². The fourth-order valence-electron chi connectivity index (χ4n) is 2.95. The van der Waals surface area contributed by atoms with Gasteiger partial charge in [-0.15, -0.1) is 0 Å². The Hall–Kier alpha value is -3.33. The van der Waals surface area contributed by atoms with Crippen molar-refractivity contribution in [3.05, 3.63) is 62.7 Å². The molecule has 0 bridgehead atoms. The maximum atomic E-state index is 11.1. The topological polar surface area (TPSA) is 107 Å². The summed E-state index contributed by atoms with van der Waals surface area (Å²) in [4.78, 5) is 27.8. The van der Waals surface area contributed by atoms with Crippen LogP contribution in [-0.2, 0) is 6.67 Å². The fourth-order valence-corrected chi connectivity index (χ4v) is 2.95. The monoisotopic (exact) mass is 369 g/mol. The van der Waals surface area contributed by atoms with E-state index in [0.717, 1.165) is 18.6 Å². The number of nitrogens with zero attached hydrogens (tertiary/aromatic N) is 5. The molecule has 27 heavy (non-hydrogen) atoms. The van der Waals surface area contributed by atoms with E-state index in [-0.39, 0.29) is 11.4 Å². The lowest BCUT2D eigenvalue weighted by Crippen LogP contribution is -2.26. The molecule has 0 unspecified atom stereocenters. The Bertz CT molecular complexity index is 993. The molecule has 2 aromatic carbocycles. The first kappa shape index (κ1) is 18.5. The van der Waals surface area contributed by atoms with Gasteiger partial charge in [0.15, 0.2) is 0 Å². The lowest BCUT2D eigenvalue weighted by atomic mass is 10.2. The first-order chi connectivity index (χ1) is 12.9. The highest BCUT2D eigenvalue weighted by molar-refractivity contribution is 5.82. The van der Waals surface area contributed by atoms with Crippen molar-refractivity contribution in [3.8, 4) is 11.4 Å². The van der Waals surface area contributed by atoms with Gasteiger partial charge in [-0.25, -0.2) is 4.98 Å². The van der Waals surface area contributed by atoms with Crippen molar-refractivity contribution in [2.24, 2.45) is 0 Å². The Balaban J connectivity index is 2.16. The summed E-state index contributed by atoms with van der Waals surface area (Å²) in [6, 6.07) is 10.8. The van der Waals surface area contributed by atoms with Crippen LogP contribution in [0.4, 0.5) is 11.4 Å². The quantitative estimate of drug-likeness (QED) is 0.463. The highest BCUT2D eigenvalue weighted by Gasteiger charge is 2.18. The molecule has 1 heterocycles. The summed E-state index contributed by atoms with van der Waals surface area (Å²) in [6.45, 7) is 6.34. The minimum absolute atomic E-state index is 0.000733. The molecule has 3 rings (SSSR count). The van der Waals surface area contributed by atoms with Crippen LogP contribution >= 0.6 is 0 Å². The molecular weight excluding hydrogens is 350 g/mol. The van der Waals surface area contributed by atoms with Crippen LogP contribution in [0.15, 0.2) is 42.5 Å². The van der Waals surface area contributed by atoms with E-state index in [4.69, 9.17) is 0 Å². The molecule has 1 aromatic heterocycles. The zero-order valence-electron chi connectivity index (χ0n) is 15.0. The summed E-state index contributed by atoms with van der Waals surface area (Å²) in [5.41, 5.74) is 1.99. The molecule has 0 fully saturated rings. The molecule has 0 saturated heterocycles. The van der Waals surface area contributed by atoms with E-state index in [1.165, 1.54) is 24.3 Å². The molecule has 0 saturated carbocycles. The van der Waals surface area contributed by atoms with Crippen molar-refractivity contribution >= 4 is 22.4 Å². The van der Waals surface area contributed by atoms with Crippen LogP contribution < -0.4 is 0 Å². The van der Waals surface area contributed by atoms with Crippen LogP contribution in [0.25, 0.3) is 22.4 Å². The summed E-state index contributed by atoms with van der Waals surface area (Å²) < 4.78 is 1.98. The molecule has 3 aromatic rings. The summed E-state index contributed by atoms with van der Waals surface area (Å²) in [6.07, 6.45) is 0. The SMILES string of the molecule is CCN(CC)Cn1c(-c2ccc([N+](=O)[O-])cc2)nc2cc([N+](=O)[O-])ccc21. The second-order valence-corrected chi connectivity index (χ2v) is 6.04. The lowest BCUT2D eigenvalue weighted by Gasteiger charge is -2.20. The van der Waals surface area contributed by atoms with E-state index in [0.29, 0.717) is 23.6 Å². The molecule has 9 nitrogen and oxygen atoms in total. The van der Waals surface area contributed by atoms with Crippen LogP contribution in [0.5, 0.6) is 0 Å². The third-order valence-electron chi connectivity index (χ3n) is 4.51. The van der Waals surface area contributed by atoms with E-state index in [1.54, 1.807) is 18.2 Å². The number of nitro benzene ring substituents is 2. The molecule has 140 valence electrons. The molecule has 0 aliphatic rings. The van der Waals surface area contributed by atoms with Crippen molar-refractivity contribution in [3.63, 3.8) is 0 Å². The molecule has 0 aliphatic heterocycles. The van der Waals surface area contributed by atoms with Crippen LogP contribution in [-0.4, -0.2) is 37.4 Å². The van der Waals surface area contributed by atoms with Gasteiger partial charge in [-0.3, -0.25) is 25.1 Å². The third-order valence-corrected chi connectivity index (χ3v) is 4.51. The average molecular weight is 369 g/mol. The minimum atomic E-state index is -0.452. The van der Waals surface area contributed by atoms with Crippen LogP contribution in [0, 0.1) is 20.2 Å². The zero-order valence-corrected chi connectivity index (χ0v) is 15.0. The number of fused-ring (bicyclic) bond motifs is 1. The zero-order chi connectivity index (χ0) is 19.6. The van der Waals surface area contributed by atoms with Gasteiger partial charge in [0.05, 0.1) is 27.5 Å². The molecular formula is C18H19N5O4. The van der Waals surface area contributed by atoms with Crippen molar-refractivity contribution in [1.29, 1.82) is 0 Å². The molecule has 0 radical (unpaired) electrons. The highest BCUT2D eigenvalue weighted by Crippen LogP contribution is 2.29. The Morgan fingerprint density at radius 2 is 1.56 bits per heavy atom. The van der Waals surface area contributed by atoms with E-state index >= 15 is 0 Å².